The summed E-state index contributed by atoms with van der Waals surface area (Å²) >= 11 is 7.51. The number of pyridine rings is 1. The van der Waals surface area contributed by atoms with Crippen LogP contribution in [-0.4, -0.2) is 4.98 Å². The van der Waals surface area contributed by atoms with Gasteiger partial charge in [0.25, 0.3) is 0 Å². The third kappa shape index (κ3) is 3.23. The number of halogens is 1. The molecule has 3 N–H and O–H groups in total. The van der Waals surface area contributed by atoms with E-state index in [0.717, 1.165) is 21.1 Å². The Morgan fingerprint density at radius 2 is 1.86 bits per heavy atom. The summed E-state index contributed by atoms with van der Waals surface area (Å²) in [7, 11) is 0. The van der Waals surface area contributed by atoms with Crippen LogP contribution in [0.15, 0.2) is 58.2 Å². The van der Waals surface area contributed by atoms with E-state index in [9.17, 15) is 4.79 Å². The van der Waals surface area contributed by atoms with Crippen molar-refractivity contribution in [2.45, 2.75) is 10.6 Å². The predicted octanol–water partition coefficient (Wildman–Crippen LogP) is 4.06. The maximum atomic E-state index is 12.1. The van der Waals surface area contributed by atoms with Crippen molar-refractivity contribution >= 4 is 40.0 Å². The molecule has 3 rings (SSSR count). The van der Waals surface area contributed by atoms with Crippen LogP contribution < -0.4 is 11.2 Å². The van der Waals surface area contributed by atoms with Crippen LogP contribution >= 0.6 is 23.4 Å². The molecule has 1 heterocycles. The van der Waals surface area contributed by atoms with Gasteiger partial charge in [0.2, 0.25) is 0 Å². The predicted molar refractivity (Wildman–Crippen MR) is 90.0 cm³/mol. The molecule has 106 valence electrons. The highest BCUT2D eigenvalue weighted by Gasteiger charge is 2.04. The van der Waals surface area contributed by atoms with Crippen molar-refractivity contribution in [1.82, 2.24) is 4.98 Å². The summed E-state index contributed by atoms with van der Waals surface area (Å²) < 4.78 is 0. The Balaban J connectivity index is 1.86. The third-order valence-electron chi connectivity index (χ3n) is 3.12. The molecular weight excluding hydrogens is 304 g/mol. The van der Waals surface area contributed by atoms with Crippen LogP contribution in [0.4, 0.5) is 5.69 Å². The second-order valence-electron chi connectivity index (χ2n) is 4.71. The Bertz CT molecular complexity index is 843. The van der Waals surface area contributed by atoms with E-state index in [1.165, 1.54) is 0 Å². The van der Waals surface area contributed by atoms with Gasteiger partial charge in [-0.25, -0.2) is 0 Å². The average Bonchev–Trinajstić information content (AvgIpc) is 2.47. The van der Waals surface area contributed by atoms with E-state index in [0.29, 0.717) is 16.8 Å². The molecule has 0 saturated carbocycles. The number of nitrogen functional groups attached to an aromatic ring is 1. The molecule has 0 fully saturated rings. The lowest BCUT2D eigenvalue weighted by Crippen LogP contribution is -2.05. The molecule has 0 spiro atoms. The first kappa shape index (κ1) is 14.0. The quantitative estimate of drug-likeness (QED) is 0.566. The van der Waals surface area contributed by atoms with Crippen molar-refractivity contribution in [1.29, 1.82) is 0 Å². The molecule has 0 aliphatic carbocycles. The first-order valence-electron chi connectivity index (χ1n) is 6.41. The maximum Gasteiger partial charge on any atom is 0.189 e. The minimum Gasteiger partial charge on any atom is -0.399 e. The van der Waals surface area contributed by atoms with Gasteiger partial charge >= 0.3 is 0 Å². The molecule has 3 nitrogen and oxygen atoms in total. The summed E-state index contributed by atoms with van der Waals surface area (Å²) in [6.45, 7) is 0. The smallest absolute Gasteiger partial charge is 0.189 e. The number of nitrogens with two attached hydrogens (primary N) is 1. The van der Waals surface area contributed by atoms with Crippen LogP contribution in [0.3, 0.4) is 0 Å². The van der Waals surface area contributed by atoms with Gasteiger partial charge in [0.15, 0.2) is 5.43 Å². The van der Waals surface area contributed by atoms with E-state index >= 15 is 0 Å². The zero-order valence-corrected chi connectivity index (χ0v) is 12.7. The van der Waals surface area contributed by atoms with Gasteiger partial charge in [-0.1, -0.05) is 11.6 Å². The molecule has 0 bridgehead atoms. The van der Waals surface area contributed by atoms with Crippen LogP contribution in [0.2, 0.25) is 5.02 Å². The summed E-state index contributed by atoms with van der Waals surface area (Å²) in [5, 5.41) is 1.34. The average molecular weight is 317 g/mol. The van der Waals surface area contributed by atoms with Crippen molar-refractivity contribution in [2.75, 3.05) is 5.73 Å². The summed E-state index contributed by atoms with van der Waals surface area (Å²) in [6, 6.07) is 14.6. The number of thioether (sulfide) groups is 1. The first-order valence-corrected chi connectivity index (χ1v) is 7.78. The van der Waals surface area contributed by atoms with E-state index in [2.05, 4.69) is 4.98 Å². The topological polar surface area (TPSA) is 58.9 Å². The van der Waals surface area contributed by atoms with Crippen molar-refractivity contribution < 1.29 is 0 Å². The van der Waals surface area contributed by atoms with Gasteiger partial charge < -0.3 is 10.7 Å². The lowest BCUT2D eigenvalue weighted by molar-refractivity contribution is 1.21. The van der Waals surface area contributed by atoms with E-state index < -0.39 is 0 Å². The highest BCUT2D eigenvalue weighted by Crippen LogP contribution is 2.24. The molecule has 0 amide bonds. The normalized spacial score (nSPS) is 10.9. The Labute approximate surface area is 131 Å². The standard InChI is InChI=1S/C16H13ClN2OS/c17-10-1-4-13(5-2-10)21-9-12-8-16(20)14-7-11(18)3-6-15(14)19-12/h1-8H,9,18H2,(H,19,20). The summed E-state index contributed by atoms with van der Waals surface area (Å²) in [5.41, 5.74) is 7.99. The van der Waals surface area contributed by atoms with Gasteiger partial charge in [-0.15, -0.1) is 11.8 Å². The molecule has 0 saturated heterocycles. The number of nitrogens with one attached hydrogen (secondary N) is 1. The minimum atomic E-state index is -0.0113. The number of H-pyrrole nitrogens is 1. The zero-order chi connectivity index (χ0) is 14.8. The Hall–Kier alpha value is -1.91. The fraction of sp³-hybridized carbons (Fsp3) is 0.0625. The molecule has 1 aromatic heterocycles. The van der Waals surface area contributed by atoms with Crippen LogP contribution in [-0.2, 0) is 5.75 Å². The van der Waals surface area contributed by atoms with E-state index in [1.807, 2.05) is 30.3 Å². The molecule has 5 heteroatoms. The maximum absolute atomic E-state index is 12.1. The number of rotatable bonds is 3. The highest BCUT2D eigenvalue weighted by atomic mass is 35.5. The molecule has 2 aromatic carbocycles. The number of anilines is 1. The van der Waals surface area contributed by atoms with Crippen molar-refractivity contribution in [3.63, 3.8) is 0 Å². The van der Waals surface area contributed by atoms with Crippen LogP contribution in [0.1, 0.15) is 5.69 Å². The van der Waals surface area contributed by atoms with Gasteiger partial charge in [0.1, 0.15) is 0 Å². The number of aromatic nitrogens is 1. The highest BCUT2D eigenvalue weighted by molar-refractivity contribution is 7.98. The first-order chi connectivity index (χ1) is 10.1. The molecule has 3 aromatic rings. The number of benzene rings is 2. The lowest BCUT2D eigenvalue weighted by Gasteiger charge is -2.05. The zero-order valence-electron chi connectivity index (χ0n) is 11.1. The van der Waals surface area contributed by atoms with Gasteiger partial charge in [-0.3, -0.25) is 4.79 Å². The van der Waals surface area contributed by atoms with Gasteiger partial charge in [0, 0.05) is 44.0 Å². The van der Waals surface area contributed by atoms with Crippen LogP contribution in [0.25, 0.3) is 10.9 Å². The fourth-order valence-electron chi connectivity index (χ4n) is 2.09. The Morgan fingerprint density at radius 1 is 1.10 bits per heavy atom. The summed E-state index contributed by atoms with van der Waals surface area (Å²) in [6.07, 6.45) is 0. The van der Waals surface area contributed by atoms with Crippen molar-refractivity contribution in [2.24, 2.45) is 0 Å². The molecule has 21 heavy (non-hydrogen) atoms. The number of fused-ring (bicyclic) bond motifs is 1. The second-order valence-corrected chi connectivity index (χ2v) is 6.19. The fourth-order valence-corrected chi connectivity index (χ4v) is 3.02. The van der Waals surface area contributed by atoms with E-state index in [1.54, 1.807) is 30.0 Å². The molecular formula is C16H13ClN2OS. The minimum absolute atomic E-state index is 0.0113. The number of hydrogen-bond acceptors (Lipinski definition) is 3. The van der Waals surface area contributed by atoms with Crippen LogP contribution in [0.5, 0.6) is 0 Å². The van der Waals surface area contributed by atoms with Gasteiger partial charge in [-0.05, 0) is 42.5 Å². The largest absolute Gasteiger partial charge is 0.399 e. The summed E-state index contributed by atoms with van der Waals surface area (Å²) in [4.78, 5) is 16.5. The van der Waals surface area contributed by atoms with E-state index in [4.69, 9.17) is 17.3 Å². The van der Waals surface area contributed by atoms with Crippen molar-refractivity contribution in [3.8, 4) is 0 Å². The Morgan fingerprint density at radius 3 is 2.62 bits per heavy atom. The van der Waals surface area contributed by atoms with E-state index in [-0.39, 0.29) is 5.43 Å². The Kier molecular flexibility index (Phi) is 3.90. The van der Waals surface area contributed by atoms with Crippen molar-refractivity contribution in [3.05, 3.63) is 69.5 Å². The third-order valence-corrected chi connectivity index (χ3v) is 4.43. The molecule has 0 aliphatic heterocycles. The lowest BCUT2D eigenvalue weighted by atomic mass is 10.2. The number of hydrogen-bond donors (Lipinski definition) is 2. The van der Waals surface area contributed by atoms with Gasteiger partial charge in [-0.2, -0.15) is 0 Å². The monoisotopic (exact) mass is 316 g/mol. The number of aromatic amines is 1. The van der Waals surface area contributed by atoms with Gasteiger partial charge in [0.05, 0.1) is 0 Å². The SMILES string of the molecule is Nc1ccc2[nH]c(CSc3ccc(Cl)cc3)cc(=O)c2c1. The second kappa shape index (κ2) is 5.84. The molecule has 0 atom stereocenters. The molecule has 0 radical (unpaired) electrons. The molecule has 0 aliphatic rings. The van der Waals surface area contributed by atoms with Crippen LogP contribution in [0, 0.1) is 0 Å². The summed E-state index contributed by atoms with van der Waals surface area (Å²) in [5.74, 6) is 0.692. The molecule has 0 unspecified atom stereocenters.